The number of anilines is 1. The maximum absolute atomic E-state index is 12.6. The van der Waals surface area contributed by atoms with Gasteiger partial charge in [0.15, 0.2) is 0 Å². The molecule has 1 saturated heterocycles. The van der Waals surface area contributed by atoms with E-state index in [1.807, 2.05) is 47.4 Å². The zero-order valence-electron chi connectivity index (χ0n) is 15.6. The normalized spacial score (nSPS) is 13.9. The second-order valence-corrected chi connectivity index (χ2v) is 6.87. The van der Waals surface area contributed by atoms with Crippen LogP contribution in [-0.2, 0) is 11.2 Å². The maximum atomic E-state index is 12.6. The fourth-order valence-corrected chi connectivity index (χ4v) is 3.28. The van der Waals surface area contributed by atoms with Gasteiger partial charge < -0.3 is 15.5 Å². The summed E-state index contributed by atoms with van der Waals surface area (Å²) in [7, 11) is 0. The molecule has 0 aliphatic carbocycles. The minimum absolute atomic E-state index is 0.0568. The van der Waals surface area contributed by atoms with E-state index in [1.165, 1.54) is 12.0 Å². The summed E-state index contributed by atoms with van der Waals surface area (Å²) in [5, 5.41) is 6.02. The highest BCUT2D eigenvalue weighted by molar-refractivity contribution is 5.95. The predicted molar refractivity (Wildman–Crippen MR) is 108 cm³/mol. The number of nitrogens with one attached hydrogen (secondary N) is 2. The number of carbonyl (C=O) groups is 2. The molecule has 1 fully saturated rings. The van der Waals surface area contributed by atoms with E-state index >= 15 is 0 Å². The van der Waals surface area contributed by atoms with Gasteiger partial charge in [-0.15, -0.1) is 0 Å². The molecule has 1 aliphatic heterocycles. The molecule has 2 aromatic carbocycles. The van der Waals surface area contributed by atoms with Crippen molar-refractivity contribution in [1.82, 2.24) is 10.2 Å². The zero-order chi connectivity index (χ0) is 18.9. The van der Waals surface area contributed by atoms with Crippen LogP contribution >= 0.6 is 0 Å². The van der Waals surface area contributed by atoms with Gasteiger partial charge >= 0.3 is 0 Å². The Morgan fingerprint density at radius 3 is 2.48 bits per heavy atom. The third kappa shape index (κ3) is 5.84. The SMILES string of the molecule is O=C(CNc1cccc(C(=O)N2CCCCC2)c1)NCCc1ccccc1. The average Bonchev–Trinajstić information content (AvgIpc) is 2.73. The first-order valence-electron chi connectivity index (χ1n) is 9.66. The van der Waals surface area contributed by atoms with Crippen LogP contribution < -0.4 is 10.6 Å². The summed E-state index contributed by atoms with van der Waals surface area (Å²) in [6.07, 6.45) is 4.16. The first kappa shape index (κ1) is 19.0. The number of likely N-dealkylation sites (tertiary alicyclic amines) is 1. The van der Waals surface area contributed by atoms with Crippen LogP contribution in [0.5, 0.6) is 0 Å². The van der Waals surface area contributed by atoms with E-state index in [0.717, 1.165) is 38.0 Å². The van der Waals surface area contributed by atoms with Crippen molar-refractivity contribution in [1.29, 1.82) is 0 Å². The highest BCUT2D eigenvalue weighted by Crippen LogP contribution is 2.16. The molecule has 0 saturated carbocycles. The molecule has 2 N–H and O–H groups in total. The summed E-state index contributed by atoms with van der Waals surface area (Å²) in [4.78, 5) is 26.5. The molecular formula is C22H27N3O2. The molecule has 27 heavy (non-hydrogen) atoms. The number of hydrogen-bond acceptors (Lipinski definition) is 3. The molecule has 0 atom stereocenters. The van der Waals surface area contributed by atoms with Crippen molar-refractivity contribution in [2.24, 2.45) is 0 Å². The molecule has 3 rings (SSSR count). The van der Waals surface area contributed by atoms with E-state index in [1.54, 1.807) is 0 Å². The predicted octanol–water partition coefficient (Wildman–Crippen LogP) is 3.08. The maximum Gasteiger partial charge on any atom is 0.253 e. The Morgan fingerprint density at radius 2 is 1.70 bits per heavy atom. The molecule has 5 nitrogen and oxygen atoms in total. The standard InChI is InChI=1S/C22H27N3O2/c26-21(23-13-12-18-8-3-1-4-9-18)17-24-20-11-7-10-19(16-20)22(27)25-14-5-2-6-15-25/h1,3-4,7-11,16,24H,2,5-6,12-15,17H2,(H,23,26). The van der Waals surface area contributed by atoms with Gasteiger partial charge in [-0.3, -0.25) is 9.59 Å². The number of rotatable bonds is 7. The Bertz CT molecular complexity index is 755. The Kier molecular flexibility index (Phi) is 6.85. The molecule has 2 aromatic rings. The van der Waals surface area contributed by atoms with E-state index in [4.69, 9.17) is 0 Å². The highest BCUT2D eigenvalue weighted by Gasteiger charge is 2.18. The molecule has 0 spiro atoms. The minimum Gasteiger partial charge on any atom is -0.376 e. The highest BCUT2D eigenvalue weighted by atomic mass is 16.2. The Balaban J connectivity index is 1.45. The van der Waals surface area contributed by atoms with Crippen molar-refractivity contribution >= 4 is 17.5 Å². The van der Waals surface area contributed by atoms with Gasteiger partial charge in [-0.05, 0) is 49.4 Å². The second-order valence-electron chi connectivity index (χ2n) is 6.87. The summed E-state index contributed by atoms with van der Waals surface area (Å²) in [6.45, 7) is 2.47. The van der Waals surface area contributed by atoms with Crippen LogP contribution in [0.1, 0.15) is 35.2 Å². The quantitative estimate of drug-likeness (QED) is 0.793. The van der Waals surface area contributed by atoms with Gasteiger partial charge in [0.2, 0.25) is 5.91 Å². The van der Waals surface area contributed by atoms with Crippen molar-refractivity contribution in [2.45, 2.75) is 25.7 Å². The van der Waals surface area contributed by atoms with Crippen molar-refractivity contribution in [2.75, 3.05) is 31.5 Å². The smallest absolute Gasteiger partial charge is 0.253 e. The largest absolute Gasteiger partial charge is 0.376 e. The van der Waals surface area contributed by atoms with E-state index in [9.17, 15) is 9.59 Å². The van der Waals surface area contributed by atoms with Crippen LogP contribution in [0, 0.1) is 0 Å². The van der Waals surface area contributed by atoms with Gasteiger partial charge in [-0.2, -0.15) is 0 Å². The van der Waals surface area contributed by atoms with Crippen molar-refractivity contribution in [3.05, 3.63) is 65.7 Å². The number of benzene rings is 2. The molecule has 1 heterocycles. The van der Waals surface area contributed by atoms with Crippen molar-refractivity contribution in [3.8, 4) is 0 Å². The van der Waals surface area contributed by atoms with Crippen molar-refractivity contribution < 1.29 is 9.59 Å². The summed E-state index contributed by atoms with van der Waals surface area (Å²) in [5.74, 6) is 0.0179. The molecule has 0 bridgehead atoms. The van der Waals surface area contributed by atoms with Crippen molar-refractivity contribution in [3.63, 3.8) is 0 Å². The van der Waals surface area contributed by atoms with Crippen LogP contribution in [0.4, 0.5) is 5.69 Å². The lowest BCUT2D eigenvalue weighted by atomic mass is 10.1. The number of nitrogens with zero attached hydrogens (tertiary/aromatic N) is 1. The molecule has 2 amide bonds. The van der Waals surface area contributed by atoms with Crippen LogP contribution in [-0.4, -0.2) is 42.9 Å². The lowest BCUT2D eigenvalue weighted by Gasteiger charge is -2.26. The van der Waals surface area contributed by atoms with E-state index in [0.29, 0.717) is 12.1 Å². The van der Waals surface area contributed by atoms with Gasteiger partial charge in [-0.1, -0.05) is 36.4 Å². The molecular weight excluding hydrogens is 338 g/mol. The number of piperidine rings is 1. The van der Waals surface area contributed by atoms with Gasteiger partial charge in [-0.25, -0.2) is 0 Å². The minimum atomic E-state index is -0.0568. The number of amides is 2. The monoisotopic (exact) mass is 365 g/mol. The molecule has 1 aliphatic rings. The Morgan fingerprint density at radius 1 is 0.926 bits per heavy atom. The summed E-state index contributed by atoms with van der Waals surface area (Å²) in [6, 6.07) is 17.5. The molecule has 142 valence electrons. The number of carbonyl (C=O) groups excluding carboxylic acids is 2. The molecule has 0 aromatic heterocycles. The van der Waals surface area contributed by atoms with Crippen LogP contribution in [0.2, 0.25) is 0 Å². The molecule has 0 radical (unpaired) electrons. The average molecular weight is 365 g/mol. The van der Waals surface area contributed by atoms with Gasteiger partial charge in [0.25, 0.3) is 5.91 Å². The summed E-state index contributed by atoms with van der Waals surface area (Å²) in [5.41, 5.74) is 2.66. The van der Waals surface area contributed by atoms with Gasteiger partial charge in [0.05, 0.1) is 6.54 Å². The van der Waals surface area contributed by atoms with E-state index < -0.39 is 0 Å². The first-order chi connectivity index (χ1) is 13.2. The first-order valence-corrected chi connectivity index (χ1v) is 9.66. The Hall–Kier alpha value is -2.82. The van der Waals surface area contributed by atoms with Gasteiger partial charge in [0.1, 0.15) is 0 Å². The van der Waals surface area contributed by atoms with E-state index in [2.05, 4.69) is 22.8 Å². The third-order valence-electron chi connectivity index (χ3n) is 4.78. The van der Waals surface area contributed by atoms with Crippen LogP contribution in [0.3, 0.4) is 0 Å². The summed E-state index contributed by atoms with van der Waals surface area (Å²) >= 11 is 0. The third-order valence-corrected chi connectivity index (χ3v) is 4.78. The fraction of sp³-hybridized carbons (Fsp3) is 0.364. The Labute approximate surface area is 160 Å². The van der Waals surface area contributed by atoms with Crippen LogP contribution in [0.15, 0.2) is 54.6 Å². The molecule has 0 unspecified atom stereocenters. The van der Waals surface area contributed by atoms with Gasteiger partial charge in [0, 0.05) is 30.9 Å². The lowest BCUT2D eigenvalue weighted by Crippen LogP contribution is -2.35. The summed E-state index contributed by atoms with van der Waals surface area (Å²) < 4.78 is 0. The van der Waals surface area contributed by atoms with Crippen LogP contribution in [0.25, 0.3) is 0 Å². The molecule has 5 heteroatoms. The number of hydrogen-bond donors (Lipinski definition) is 2. The lowest BCUT2D eigenvalue weighted by molar-refractivity contribution is -0.119. The topological polar surface area (TPSA) is 61.4 Å². The van der Waals surface area contributed by atoms with E-state index in [-0.39, 0.29) is 18.4 Å². The fourth-order valence-electron chi connectivity index (χ4n) is 3.28. The second kappa shape index (κ2) is 9.76. The zero-order valence-corrected chi connectivity index (χ0v) is 15.6.